The van der Waals surface area contributed by atoms with E-state index in [0.29, 0.717) is 12.4 Å². The van der Waals surface area contributed by atoms with Crippen molar-refractivity contribution in [3.63, 3.8) is 0 Å². The van der Waals surface area contributed by atoms with Crippen molar-refractivity contribution >= 4 is 28.0 Å². The third kappa shape index (κ3) is 4.75. The molecular weight excluding hydrogens is 296 g/mol. The molecule has 0 aliphatic rings. The average Bonchev–Trinajstić information content (AvgIpc) is 2.28. The van der Waals surface area contributed by atoms with Crippen molar-refractivity contribution in [2.45, 2.75) is 13.8 Å². The molecule has 0 heterocycles. The Labute approximate surface area is 115 Å². The lowest BCUT2D eigenvalue weighted by Gasteiger charge is -2.09. The number of carboxylic acid groups (broad SMARTS) is 1. The van der Waals surface area contributed by atoms with Gasteiger partial charge in [-0.1, -0.05) is 17.7 Å². The van der Waals surface area contributed by atoms with Gasteiger partial charge in [0.05, 0.1) is 4.47 Å². The molecule has 0 amide bonds. The Morgan fingerprint density at radius 3 is 2.78 bits per heavy atom. The van der Waals surface area contributed by atoms with E-state index in [1.807, 2.05) is 38.1 Å². The van der Waals surface area contributed by atoms with E-state index in [0.717, 1.165) is 16.1 Å². The van der Waals surface area contributed by atoms with Gasteiger partial charge < -0.3 is 9.84 Å². The molecule has 0 aliphatic heterocycles. The highest BCUT2D eigenvalue weighted by Crippen LogP contribution is 2.30. The van der Waals surface area contributed by atoms with Crippen LogP contribution in [0.2, 0.25) is 0 Å². The highest BCUT2D eigenvalue weighted by Gasteiger charge is 2.05. The summed E-state index contributed by atoms with van der Waals surface area (Å²) in [6.07, 6.45) is 4.57. The van der Waals surface area contributed by atoms with Crippen LogP contribution in [0.25, 0.3) is 6.08 Å². The van der Waals surface area contributed by atoms with Crippen molar-refractivity contribution in [3.8, 4) is 5.75 Å². The van der Waals surface area contributed by atoms with Crippen LogP contribution in [-0.2, 0) is 4.79 Å². The lowest BCUT2D eigenvalue weighted by atomic mass is 10.2. The molecule has 1 rings (SSSR count). The van der Waals surface area contributed by atoms with Gasteiger partial charge in [0, 0.05) is 11.6 Å². The minimum absolute atomic E-state index is 0.457. The molecule has 0 aromatic heterocycles. The van der Waals surface area contributed by atoms with Crippen LogP contribution in [0.15, 0.2) is 40.4 Å². The molecule has 4 heteroatoms. The van der Waals surface area contributed by atoms with Gasteiger partial charge in [0.2, 0.25) is 0 Å². The van der Waals surface area contributed by atoms with Crippen LogP contribution in [0.4, 0.5) is 0 Å². The van der Waals surface area contributed by atoms with E-state index in [-0.39, 0.29) is 0 Å². The topological polar surface area (TPSA) is 46.5 Å². The molecule has 18 heavy (non-hydrogen) atoms. The maximum atomic E-state index is 10.5. The van der Waals surface area contributed by atoms with E-state index in [4.69, 9.17) is 9.84 Å². The number of benzene rings is 1. The second-order valence-electron chi connectivity index (χ2n) is 3.92. The number of carboxylic acids is 1. The van der Waals surface area contributed by atoms with E-state index < -0.39 is 5.97 Å². The summed E-state index contributed by atoms with van der Waals surface area (Å²) in [5.74, 6) is -0.335. The largest absolute Gasteiger partial charge is 0.488 e. The number of hydrogen-bond donors (Lipinski definition) is 1. The standard InChI is InChI=1S/C14H15BrO3/c1-10(2)8-9-18-14-11(6-7-13(16)17)4-3-5-12(14)15/h3-8H,9H2,1-2H3,(H,16,17). The van der Waals surface area contributed by atoms with Crippen LogP contribution in [-0.4, -0.2) is 17.7 Å². The monoisotopic (exact) mass is 310 g/mol. The van der Waals surface area contributed by atoms with Crippen molar-refractivity contribution in [1.29, 1.82) is 0 Å². The Morgan fingerprint density at radius 1 is 1.44 bits per heavy atom. The van der Waals surface area contributed by atoms with Crippen LogP contribution in [0.5, 0.6) is 5.75 Å². The number of ether oxygens (including phenoxy) is 1. The quantitative estimate of drug-likeness (QED) is 0.663. The molecule has 0 radical (unpaired) electrons. The lowest BCUT2D eigenvalue weighted by Crippen LogP contribution is -1.97. The first-order chi connectivity index (χ1) is 8.50. The third-order valence-corrected chi connectivity index (χ3v) is 2.75. The van der Waals surface area contributed by atoms with Crippen LogP contribution in [0, 0.1) is 0 Å². The normalized spacial score (nSPS) is 10.4. The average molecular weight is 311 g/mol. The summed E-state index contributed by atoms with van der Waals surface area (Å²) in [5.41, 5.74) is 1.90. The van der Waals surface area contributed by atoms with Crippen molar-refractivity contribution in [3.05, 3.63) is 46.0 Å². The maximum Gasteiger partial charge on any atom is 0.328 e. The minimum atomic E-state index is -0.981. The minimum Gasteiger partial charge on any atom is -0.488 e. The fourth-order valence-electron chi connectivity index (χ4n) is 1.26. The molecule has 0 saturated heterocycles. The van der Waals surface area contributed by atoms with Gasteiger partial charge in [-0.3, -0.25) is 0 Å². The Balaban J connectivity index is 2.93. The summed E-state index contributed by atoms with van der Waals surface area (Å²) in [6, 6.07) is 5.50. The molecule has 0 unspecified atom stereocenters. The summed E-state index contributed by atoms with van der Waals surface area (Å²) in [6.45, 7) is 4.45. The molecule has 0 aliphatic carbocycles. The van der Waals surface area contributed by atoms with Crippen molar-refractivity contribution in [2.75, 3.05) is 6.61 Å². The second-order valence-corrected chi connectivity index (χ2v) is 4.78. The third-order valence-electron chi connectivity index (χ3n) is 2.12. The summed E-state index contributed by atoms with van der Waals surface area (Å²) in [7, 11) is 0. The summed E-state index contributed by atoms with van der Waals surface area (Å²) in [4.78, 5) is 10.5. The van der Waals surface area contributed by atoms with Crippen molar-refractivity contribution < 1.29 is 14.6 Å². The van der Waals surface area contributed by atoms with Gasteiger partial charge >= 0.3 is 5.97 Å². The number of carbonyl (C=O) groups is 1. The highest BCUT2D eigenvalue weighted by molar-refractivity contribution is 9.10. The molecule has 0 saturated carbocycles. The van der Waals surface area contributed by atoms with Crippen LogP contribution in [0.1, 0.15) is 19.4 Å². The molecule has 96 valence electrons. The zero-order chi connectivity index (χ0) is 13.5. The maximum absolute atomic E-state index is 10.5. The lowest BCUT2D eigenvalue weighted by molar-refractivity contribution is -0.131. The zero-order valence-electron chi connectivity index (χ0n) is 10.3. The number of hydrogen-bond acceptors (Lipinski definition) is 2. The predicted octanol–water partition coefficient (Wildman–Crippen LogP) is 3.89. The highest BCUT2D eigenvalue weighted by atomic mass is 79.9. The van der Waals surface area contributed by atoms with E-state index >= 15 is 0 Å². The Bertz CT molecular complexity index is 486. The van der Waals surface area contributed by atoms with Crippen LogP contribution < -0.4 is 4.74 Å². The predicted molar refractivity (Wildman–Crippen MR) is 75.7 cm³/mol. The Kier molecular flexibility index (Phi) is 5.65. The molecule has 3 nitrogen and oxygen atoms in total. The van der Waals surface area contributed by atoms with Gasteiger partial charge in [-0.2, -0.15) is 0 Å². The molecule has 1 N–H and O–H groups in total. The van der Waals surface area contributed by atoms with Crippen molar-refractivity contribution in [2.24, 2.45) is 0 Å². The fraction of sp³-hybridized carbons (Fsp3) is 0.214. The van der Waals surface area contributed by atoms with Crippen LogP contribution in [0.3, 0.4) is 0 Å². The van der Waals surface area contributed by atoms with E-state index in [2.05, 4.69) is 15.9 Å². The molecular formula is C14H15BrO3. The van der Waals surface area contributed by atoms with Gasteiger partial charge in [0.15, 0.2) is 0 Å². The first-order valence-corrected chi connectivity index (χ1v) is 6.25. The van der Waals surface area contributed by atoms with E-state index in [1.54, 1.807) is 0 Å². The molecule has 1 aromatic rings. The fourth-order valence-corrected chi connectivity index (χ4v) is 1.76. The molecule has 0 fully saturated rings. The first kappa shape index (κ1) is 14.5. The number of halogens is 1. The molecule has 0 atom stereocenters. The van der Waals surface area contributed by atoms with Gasteiger partial charge in [-0.25, -0.2) is 4.79 Å². The smallest absolute Gasteiger partial charge is 0.328 e. The zero-order valence-corrected chi connectivity index (χ0v) is 11.9. The van der Waals surface area contributed by atoms with Gasteiger partial charge in [-0.05, 0) is 48.0 Å². The van der Waals surface area contributed by atoms with Crippen LogP contribution >= 0.6 is 15.9 Å². The van der Waals surface area contributed by atoms with Gasteiger partial charge in [0.25, 0.3) is 0 Å². The Morgan fingerprint density at radius 2 is 2.17 bits per heavy atom. The van der Waals surface area contributed by atoms with Gasteiger partial charge in [-0.15, -0.1) is 0 Å². The van der Waals surface area contributed by atoms with Crippen molar-refractivity contribution in [1.82, 2.24) is 0 Å². The van der Waals surface area contributed by atoms with Gasteiger partial charge in [0.1, 0.15) is 12.4 Å². The summed E-state index contributed by atoms with van der Waals surface area (Å²) in [5, 5.41) is 8.63. The summed E-state index contributed by atoms with van der Waals surface area (Å²) >= 11 is 3.39. The number of aliphatic carboxylic acids is 1. The second kappa shape index (κ2) is 7.01. The molecule has 0 bridgehead atoms. The first-order valence-electron chi connectivity index (χ1n) is 5.46. The number of allylic oxidation sites excluding steroid dienone is 1. The number of para-hydroxylation sites is 1. The summed E-state index contributed by atoms with van der Waals surface area (Å²) < 4.78 is 6.45. The van der Waals surface area contributed by atoms with E-state index in [9.17, 15) is 4.79 Å². The Hall–Kier alpha value is -1.55. The molecule has 0 spiro atoms. The molecule has 1 aromatic carbocycles. The SMILES string of the molecule is CC(C)=CCOc1c(Br)cccc1C=CC(=O)O. The number of rotatable bonds is 5. The van der Waals surface area contributed by atoms with E-state index in [1.165, 1.54) is 11.6 Å².